The van der Waals surface area contributed by atoms with Crippen molar-refractivity contribution >= 4 is 5.91 Å². The standard InChI is InChI=1S/C9H17NO/c1-5-10-8(11)6-7-9(2,3)4/h6-7H,5H2,1-4H3,(H,10,11)/b7-6+. The highest BCUT2D eigenvalue weighted by atomic mass is 16.1. The maximum atomic E-state index is 10.9. The summed E-state index contributed by atoms with van der Waals surface area (Å²) in [6.45, 7) is 8.77. The van der Waals surface area contributed by atoms with Gasteiger partial charge in [0, 0.05) is 6.54 Å². The molecule has 0 radical (unpaired) electrons. The van der Waals surface area contributed by atoms with Crippen molar-refractivity contribution in [2.75, 3.05) is 6.54 Å². The first-order valence-corrected chi connectivity index (χ1v) is 3.93. The molecule has 0 spiro atoms. The Morgan fingerprint density at radius 2 is 2.00 bits per heavy atom. The van der Waals surface area contributed by atoms with Gasteiger partial charge in [-0.2, -0.15) is 0 Å². The smallest absolute Gasteiger partial charge is 0.243 e. The predicted molar refractivity (Wildman–Crippen MR) is 47.3 cm³/mol. The number of amides is 1. The van der Waals surface area contributed by atoms with Crippen LogP contribution in [0, 0.1) is 5.41 Å². The van der Waals surface area contributed by atoms with Gasteiger partial charge in [0.05, 0.1) is 0 Å². The second-order valence-electron chi connectivity index (χ2n) is 3.59. The van der Waals surface area contributed by atoms with Gasteiger partial charge in [-0.1, -0.05) is 26.8 Å². The van der Waals surface area contributed by atoms with Gasteiger partial charge in [-0.25, -0.2) is 0 Å². The number of rotatable bonds is 2. The third-order valence-corrected chi connectivity index (χ3v) is 1.09. The number of allylic oxidation sites excluding steroid dienone is 1. The molecule has 0 fully saturated rings. The molecule has 0 saturated carbocycles. The van der Waals surface area contributed by atoms with Crippen LogP contribution in [0.3, 0.4) is 0 Å². The molecule has 0 aliphatic heterocycles. The lowest BCUT2D eigenvalue weighted by Gasteiger charge is -2.10. The van der Waals surface area contributed by atoms with Gasteiger partial charge in [-0.15, -0.1) is 0 Å². The SMILES string of the molecule is CCNC(=O)/C=C/C(C)(C)C. The Balaban J connectivity index is 3.83. The first kappa shape index (κ1) is 10.2. The molecule has 0 saturated heterocycles. The molecule has 0 aromatic heterocycles. The summed E-state index contributed by atoms with van der Waals surface area (Å²) in [5.74, 6) is -0.0116. The van der Waals surface area contributed by atoms with Gasteiger partial charge < -0.3 is 5.32 Å². The molecule has 0 aliphatic rings. The zero-order valence-corrected chi connectivity index (χ0v) is 7.77. The molecule has 0 rings (SSSR count). The fraction of sp³-hybridized carbons (Fsp3) is 0.667. The third-order valence-electron chi connectivity index (χ3n) is 1.09. The molecule has 64 valence electrons. The Morgan fingerprint density at radius 1 is 1.45 bits per heavy atom. The highest BCUT2D eigenvalue weighted by Gasteiger charge is 2.04. The molecule has 1 N–H and O–H groups in total. The van der Waals surface area contributed by atoms with E-state index in [1.165, 1.54) is 0 Å². The maximum Gasteiger partial charge on any atom is 0.243 e. The molecule has 11 heavy (non-hydrogen) atoms. The van der Waals surface area contributed by atoms with Crippen LogP contribution in [0.15, 0.2) is 12.2 Å². The van der Waals surface area contributed by atoms with Crippen molar-refractivity contribution in [3.8, 4) is 0 Å². The van der Waals surface area contributed by atoms with Crippen LogP contribution >= 0.6 is 0 Å². The lowest BCUT2D eigenvalue weighted by atomic mass is 9.96. The van der Waals surface area contributed by atoms with Crippen LogP contribution in [-0.2, 0) is 4.79 Å². The number of hydrogen-bond donors (Lipinski definition) is 1. The summed E-state index contributed by atoms with van der Waals surface area (Å²) in [4.78, 5) is 10.9. The Labute approximate surface area is 68.7 Å². The lowest BCUT2D eigenvalue weighted by molar-refractivity contribution is -0.116. The summed E-state index contributed by atoms with van der Waals surface area (Å²) in [6, 6.07) is 0. The van der Waals surface area contributed by atoms with Crippen molar-refractivity contribution in [3.05, 3.63) is 12.2 Å². The van der Waals surface area contributed by atoms with Crippen molar-refractivity contribution in [2.45, 2.75) is 27.7 Å². The van der Waals surface area contributed by atoms with Gasteiger partial charge in [-0.05, 0) is 18.4 Å². The molecule has 1 amide bonds. The normalized spacial score (nSPS) is 12.0. The van der Waals surface area contributed by atoms with Gasteiger partial charge in [0.15, 0.2) is 0 Å². The second-order valence-corrected chi connectivity index (χ2v) is 3.59. The van der Waals surface area contributed by atoms with Crippen LogP contribution in [0.25, 0.3) is 0 Å². The van der Waals surface area contributed by atoms with Crippen molar-refractivity contribution in [1.29, 1.82) is 0 Å². The zero-order chi connectivity index (χ0) is 8.91. The summed E-state index contributed by atoms with van der Waals surface area (Å²) >= 11 is 0. The van der Waals surface area contributed by atoms with Crippen LogP contribution in [0.2, 0.25) is 0 Å². The molecule has 0 unspecified atom stereocenters. The van der Waals surface area contributed by atoms with Crippen LogP contribution in [-0.4, -0.2) is 12.5 Å². The van der Waals surface area contributed by atoms with Gasteiger partial charge >= 0.3 is 0 Å². The first-order chi connectivity index (χ1) is 4.95. The number of hydrogen-bond acceptors (Lipinski definition) is 1. The molecular weight excluding hydrogens is 138 g/mol. The Hall–Kier alpha value is -0.790. The van der Waals surface area contributed by atoms with Gasteiger partial charge in [0.1, 0.15) is 0 Å². The average Bonchev–Trinajstić information content (AvgIpc) is 1.83. The van der Waals surface area contributed by atoms with E-state index in [2.05, 4.69) is 26.1 Å². The largest absolute Gasteiger partial charge is 0.353 e. The minimum atomic E-state index is -0.0116. The number of nitrogens with one attached hydrogen (secondary N) is 1. The fourth-order valence-electron chi connectivity index (χ4n) is 0.559. The molecule has 0 heterocycles. The Kier molecular flexibility index (Phi) is 3.86. The van der Waals surface area contributed by atoms with Crippen LogP contribution in [0.4, 0.5) is 0 Å². The minimum absolute atomic E-state index is 0.0116. The van der Waals surface area contributed by atoms with E-state index in [0.717, 1.165) is 0 Å². The van der Waals surface area contributed by atoms with E-state index in [1.807, 2.05) is 13.0 Å². The Bertz CT molecular complexity index is 153. The highest BCUT2D eigenvalue weighted by molar-refractivity contribution is 5.87. The molecular formula is C9H17NO. The fourth-order valence-corrected chi connectivity index (χ4v) is 0.559. The van der Waals surface area contributed by atoms with Crippen molar-refractivity contribution < 1.29 is 4.79 Å². The highest BCUT2D eigenvalue weighted by Crippen LogP contribution is 2.13. The van der Waals surface area contributed by atoms with E-state index in [9.17, 15) is 4.79 Å². The Morgan fingerprint density at radius 3 is 2.36 bits per heavy atom. The van der Waals surface area contributed by atoms with Gasteiger partial charge in [-0.3, -0.25) is 4.79 Å². The quantitative estimate of drug-likeness (QED) is 0.604. The van der Waals surface area contributed by atoms with Gasteiger partial charge in [0.2, 0.25) is 5.91 Å². The molecule has 0 aliphatic carbocycles. The summed E-state index contributed by atoms with van der Waals surface area (Å²) in [5, 5.41) is 2.69. The second kappa shape index (κ2) is 4.16. The van der Waals surface area contributed by atoms with Crippen LogP contribution in [0.1, 0.15) is 27.7 Å². The summed E-state index contributed by atoms with van der Waals surface area (Å²) < 4.78 is 0. The van der Waals surface area contributed by atoms with Crippen molar-refractivity contribution in [1.82, 2.24) is 5.32 Å². The van der Waals surface area contributed by atoms with E-state index in [4.69, 9.17) is 0 Å². The number of likely N-dealkylation sites (N-methyl/N-ethyl adjacent to an activating group) is 1. The average molecular weight is 155 g/mol. The topological polar surface area (TPSA) is 29.1 Å². The minimum Gasteiger partial charge on any atom is -0.353 e. The van der Waals surface area contributed by atoms with Crippen molar-refractivity contribution in [2.24, 2.45) is 5.41 Å². The van der Waals surface area contributed by atoms with Crippen LogP contribution in [0.5, 0.6) is 0 Å². The summed E-state index contributed by atoms with van der Waals surface area (Å²) in [6.07, 6.45) is 3.49. The summed E-state index contributed by atoms with van der Waals surface area (Å²) in [7, 11) is 0. The molecule has 0 atom stereocenters. The molecule has 0 aromatic rings. The molecule has 2 heteroatoms. The third kappa shape index (κ3) is 7.10. The lowest BCUT2D eigenvalue weighted by Crippen LogP contribution is -2.20. The number of carbonyl (C=O) groups excluding carboxylic acids is 1. The molecule has 2 nitrogen and oxygen atoms in total. The van der Waals surface area contributed by atoms with E-state index in [1.54, 1.807) is 6.08 Å². The van der Waals surface area contributed by atoms with E-state index in [-0.39, 0.29) is 11.3 Å². The zero-order valence-electron chi connectivity index (χ0n) is 7.77. The van der Waals surface area contributed by atoms with Crippen LogP contribution < -0.4 is 5.32 Å². The monoisotopic (exact) mass is 155 g/mol. The maximum absolute atomic E-state index is 10.9. The van der Waals surface area contributed by atoms with E-state index in [0.29, 0.717) is 6.54 Å². The van der Waals surface area contributed by atoms with Crippen molar-refractivity contribution in [3.63, 3.8) is 0 Å². The number of carbonyl (C=O) groups is 1. The van der Waals surface area contributed by atoms with Gasteiger partial charge in [0.25, 0.3) is 0 Å². The van der Waals surface area contributed by atoms with E-state index >= 15 is 0 Å². The first-order valence-electron chi connectivity index (χ1n) is 3.93. The molecule has 0 bridgehead atoms. The summed E-state index contributed by atoms with van der Waals surface area (Å²) in [5.41, 5.74) is 0.0884. The predicted octanol–water partition coefficient (Wildman–Crippen LogP) is 1.72. The van der Waals surface area contributed by atoms with E-state index < -0.39 is 0 Å². The molecule has 0 aromatic carbocycles.